The van der Waals surface area contributed by atoms with Crippen LogP contribution in [0.5, 0.6) is 5.75 Å². The molecule has 6 heteroatoms. The van der Waals surface area contributed by atoms with Crippen LogP contribution in [0, 0.1) is 0 Å². The van der Waals surface area contributed by atoms with Gasteiger partial charge in [0.1, 0.15) is 5.75 Å². The van der Waals surface area contributed by atoms with E-state index in [0.29, 0.717) is 18.2 Å². The van der Waals surface area contributed by atoms with Crippen LogP contribution in [0.2, 0.25) is 0 Å². The number of nitrogens with zero attached hydrogens (tertiary/aromatic N) is 3. The van der Waals surface area contributed by atoms with Gasteiger partial charge in [-0.25, -0.2) is 9.97 Å². The number of nitrogens with one attached hydrogen (secondary N) is 1. The van der Waals surface area contributed by atoms with E-state index < -0.39 is 0 Å². The minimum Gasteiger partial charge on any atom is -0.494 e. The highest BCUT2D eigenvalue weighted by Gasteiger charge is 2.10. The largest absolute Gasteiger partial charge is 0.494 e. The van der Waals surface area contributed by atoms with E-state index in [2.05, 4.69) is 44.5 Å². The van der Waals surface area contributed by atoms with Crippen molar-refractivity contribution >= 4 is 22.7 Å². The van der Waals surface area contributed by atoms with Gasteiger partial charge < -0.3 is 15.8 Å². The lowest BCUT2D eigenvalue weighted by Gasteiger charge is -2.26. The maximum Gasteiger partial charge on any atom is 0.169 e. The molecule has 0 atom stereocenters. The Morgan fingerprint density at radius 3 is 2.41 bits per heavy atom. The third-order valence-corrected chi connectivity index (χ3v) is 5.26. The Balaban J connectivity index is 1.20. The molecular formula is C23H29N5O. The summed E-state index contributed by atoms with van der Waals surface area (Å²) in [5.74, 6) is 1.97. The summed E-state index contributed by atoms with van der Waals surface area (Å²) in [5, 5.41) is 3.26. The number of nitrogens with two attached hydrogens (primary N) is 1. The second kappa shape index (κ2) is 9.56. The summed E-state index contributed by atoms with van der Waals surface area (Å²) in [6, 6.07) is 16.2. The number of hydrogen-bond acceptors (Lipinski definition) is 6. The molecule has 1 aliphatic rings. The standard InChI is InChI=1S/C23H29N5O/c24-22-23(27-21-8-3-2-7-20(21)26-22)25-13-6-16-29-19-11-9-18(10-12-19)17-28-14-4-1-5-15-28/h2-3,7-12H,1,4-6,13-17H2,(H2,24,26)(H,25,27). The van der Waals surface area contributed by atoms with Gasteiger partial charge in [-0.15, -0.1) is 0 Å². The van der Waals surface area contributed by atoms with Gasteiger partial charge in [-0.05, 0) is 62.2 Å². The zero-order valence-corrected chi connectivity index (χ0v) is 16.8. The van der Waals surface area contributed by atoms with Gasteiger partial charge in [0.25, 0.3) is 0 Å². The predicted octanol–water partition coefficient (Wildman–Crippen LogP) is 4.08. The number of ether oxygens (including phenoxy) is 1. The minimum absolute atomic E-state index is 0.425. The van der Waals surface area contributed by atoms with Crippen LogP contribution in [0.25, 0.3) is 11.0 Å². The van der Waals surface area contributed by atoms with E-state index in [1.54, 1.807) is 0 Å². The van der Waals surface area contributed by atoms with E-state index in [0.717, 1.165) is 36.3 Å². The Morgan fingerprint density at radius 2 is 1.66 bits per heavy atom. The molecule has 0 bridgehead atoms. The summed E-state index contributed by atoms with van der Waals surface area (Å²) >= 11 is 0. The summed E-state index contributed by atoms with van der Waals surface area (Å²) in [7, 11) is 0. The van der Waals surface area contributed by atoms with Crippen molar-refractivity contribution in [2.45, 2.75) is 32.2 Å². The highest BCUT2D eigenvalue weighted by molar-refractivity contribution is 5.79. The highest BCUT2D eigenvalue weighted by atomic mass is 16.5. The van der Waals surface area contributed by atoms with Crippen molar-refractivity contribution in [1.82, 2.24) is 14.9 Å². The van der Waals surface area contributed by atoms with Crippen LogP contribution in [-0.4, -0.2) is 41.1 Å². The lowest BCUT2D eigenvalue weighted by atomic mass is 10.1. The first-order chi connectivity index (χ1) is 14.3. The summed E-state index contributed by atoms with van der Waals surface area (Å²) in [6.07, 6.45) is 4.87. The predicted molar refractivity (Wildman–Crippen MR) is 118 cm³/mol. The number of likely N-dealkylation sites (tertiary alicyclic amines) is 1. The number of para-hydroxylation sites is 2. The van der Waals surface area contributed by atoms with Crippen LogP contribution in [0.1, 0.15) is 31.2 Å². The lowest BCUT2D eigenvalue weighted by Crippen LogP contribution is -2.28. The zero-order chi connectivity index (χ0) is 19.9. The molecule has 0 aliphatic carbocycles. The van der Waals surface area contributed by atoms with Crippen LogP contribution >= 0.6 is 0 Å². The van der Waals surface area contributed by atoms with E-state index in [1.807, 2.05) is 24.3 Å². The average molecular weight is 392 g/mol. The van der Waals surface area contributed by atoms with Crippen molar-refractivity contribution in [2.75, 3.05) is 37.3 Å². The van der Waals surface area contributed by atoms with Gasteiger partial charge in [-0.3, -0.25) is 4.90 Å². The molecule has 0 saturated carbocycles. The fourth-order valence-corrected chi connectivity index (χ4v) is 3.68. The number of aromatic nitrogens is 2. The Hall–Kier alpha value is -2.86. The molecule has 2 heterocycles. The molecular weight excluding hydrogens is 362 g/mol. The molecule has 1 fully saturated rings. The van der Waals surface area contributed by atoms with Crippen molar-refractivity contribution in [2.24, 2.45) is 0 Å². The maximum absolute atomic E-state index is 6.00. The van der Waals surface area contributed by atoms with Gasteiger partial charge in [0.15, 0.2) is 11.6 Å². The fourth-order valence-electron chi connectivity index (χ4n) is 3.68. The average Bonchev–Trinajstić information content (AvgIpc) is 2.75. The van der Waals surface area contributed by atoms with E-state index >= 15 is 0 Å². The number of rotatable bonds is 8. The number of anilines is 2. The highest BCUT2D eigenvalue weighted by Crippen LogP contribution is 2.19. The zero-order valence-electron chi connectivity index (χ0n) is 16.8. The summed E-state index contributed by atoms with van der Waals surface area (Å²) < 4.78 is 5.87. The van der Waals surface area contributed by atoms with Gasteiger partial charge in [-0.1, -0.05) is 30.7 Å². The molecule has 0 amide bonds. The first-order valence-corrected chi connectivity index (χ1v) is 10.5. The molecule has 3 N–H and O–H groups in total. The molecule has 0 radical (unpaired) electrons. The van der Waals surface area contributed by atoms with Crippen molar-refractivity contribution in [1.29, 1.82) is 0 Å². The van der Waals surface area contributed by atoms with Gasteiger partial charge >= 0.3 is 0 Å². The molecule has 1 aromatic heterocycles. The number of hydrogen-bond donors (Lipinski definition) is 2. The van der Waals surface area contributed by atoms with Crippen LogP contribution in [0.15, 0.2) is 48.5 Å². The van der Waals surface area contributed by atoms with Gasteiger partial charge in [-0.2, -0.15) is 0 Å². The monoisotopic (exact) mass is 391 g/mol. The first-order valence-electron chi connectivity index (χ1n) is 10.5. The molecule has 152 valence electrons. The first kappa shape index (κ1) is 19.5. The molecule has 6 nitrogen and oxygen atoms in total. The second-order valence-electron chi connectivity index (χ2n) is 7.56. The molecule has 4 rings (SSSR count). The van der Waals surface area contributed by atoms with Crippen LogP contribution in [0.3, 0.4) is 0 Å². The topological polar surface area (TPSA) is 76.3 Å². The van der Waals surface area contributed by atoms with E-state index in [9.17, 15) is 0 Å². The Labute approximate surface area is 172 Å². The molecule has 29 heavy (non-hydrogen) atoms. The van der Waals surface area contributed by atoms with Crippen LogP contribution in [0.4, 0.5) is 11.6 Å². The molecule has 2 aromatic carbocycles. The summed E-state index contributed by atoms with van der Waals surface area (Å²) in [6.45, 7) is 4.84. The van der Waals surface area contributed by atoms with Gasteiger partial charge in [0, 0.05) is 13.1 Å². The van der Waals surface area contributed by atoms with Crippen molar-refractivity contribution < 1.29 is 4.74 Å². The van der Waals surface area contributed by atoms with Crippen LogP contribution in [-0.2, 0) is 6.54 Å². The summed E-state index contributed by atoms with van der Waals surface area (Å²) in [5.41, 5.74) is 9.00. The minimum atomic E-state index is 0.425. The molecule has 0 spiro atoms. The molecule has 0 unspecified atom stereocenters. The number of fused-ring (bicyclic) bond motifs is 1. The Morgan fingerprint density at radius 1 is 0.931 bits per heavy atom. The third kappa shape index (κ3) is 5.35. The van der Waals surface area contributed by atoms with E-state index in [-0.39, 0.29) is 0 Å². The van der Waals surface area contributed by atoms with Crippen molar-refractivity contribution in [3.8, 4) is 5.75 Å². The number of benzene rings is 2. The SMILES string of the molecule is Nc1nc2ccccc2nc1NCCCOc1ccc(CN2CCCCC2)cc1. The fraction of sp³-hybridized carbons (Fsp3) is 0.391. The van der Waals surface area contributed by atoms with Crippen molar-refractivity contribution in [3.05, 3.63) is 54.1 Å². The van der Waals surface area contributed by atoms with Crippen molar-refractivity contribution in [3.63, 3.8) is 0 Å². The Kier molecular flexibility index (Phi) is 6.42. The molecule has 1 saturated heterocycles. The lowest BCUT2D eigenvalue weighted by molar-refractivity contribution is 0.221. The molecule has 3 aromatic rings. The van der Waals surface area contributed by atoms with E-state index in [1.165, 1.54) is 37.9 Å². The van der Waals surface area contributed by atoms with Gasteiger partial charge in [0.2, 0.25) is 0 Å². The second-order valence-corrected chi connectivity index (χ2v) is 7.56. The third-order valence-electron chi connectivity index (χ3n) is 5.26. The quantitative estimate of drug-likeness (QED) is 0.564. The van der Waals surface area contributed by atoms with E-state index in [4.69, 9.17) is 10.5 Å². The number of nitrogen functional groups attached to an aromatic ring is 1. The maximum atomic E-state index is 6.00. The van der Waals surface area contributed by atoms with Crippen LogP contribution < -0.4 is 15.8 Å². The normalized spacial score (nSPS) is 14.8. The number of piperidine rings is 1. The van der Waals surface area contributed by atoms with Gasteiger partial charge in [0.05, 0.1) is 17.6 Å². The summed E-state index contributed by atoms with van der Waals surface area (Å²) in [4.78, 5) is 11.5. The molecule has 1 aliphatic heterocycles. The smallest absolute Gasteiger partial charge is 0.169 e. The Bertz CT molecular complexity index is 922.